The van der Waals surface area contributed by atoms with E-state index in [-0.39, 0.29) is 13.0 Å². The maximum Gasteiger partial charge on any atom is 0.322 e. The highest BCUT2D eigenvalue weighted by molar-refractivity contribution is 7.89. The zero-order valence-electron chi connectivity index (χ0n) is 7.70. The van der Waals surface area contributed by atoms with E-state index in [0.717, 1.165) is 0 Å². The Morgan fingerprint density at radius 1 is 1.60 bits per heavy atom. The molecule has 0 aromatic carbocycles. The van der Waals surface area contributed by atoms with E-state index in [4.69, 9.17) is 10.4 Å². The molecule has 0 bridgehead atoms. The number of rotatable bonds is 3. The van der Waals surface area contributed by atoms with Gasteiger partial charge in [-0.2, -0.15) is 9.57 Å². The Morgan fingerprint density at radius 3 is 2.67 bits per heavy atom. The fourth-order valence-electron chi connectivity index (χ4n) is 1.48. The lowest BCUT2D eigenvalue weighted by Gasteiger charge is -2.18. The maximum absolute atomic E-state index is 11.4. The van der Waals surface area contributed by atoms with E-state index in [1.165, 1.54) is 6.07 Å². The summed E-state index contributed by atoms with van der Waals surface area (Å²) in [4.78, 5) is 10.7. The first-order valence-corrected chi connectivity index (χ1v) is 5.76. The Balaban J connectivity index is 2.95. The highest BCUT2D eigenvalue weighted by atomic mass is 32.2. The van der Waals surface area contributed by atoms with Gasteiger partial charge in [0.1, 0.15) is 6.04 Å². The van der Waals surface area contributed by atoms with Gasteiger partial charge < -0.3 is 10.2 Å². The first kappa shape index (κ1) is 11.9. The van der Waals surface area contributed by atoms with Gasteiger partial charge in [0, 0.05) is 13.0 Å². The first-order valence-electron chi connectivity index (χ1n) is 4.16. The molecule has 0 spiro atoms. The number of aliphatic carboxylic acids is 1. The van der Waals surface area contributed by atoms with Crippen LogP contribution in [0, 0.1) is 11.3 Å². The highest BCUT2D eigenvalue weighted by Crippen LogP contribution is 2.21. The molecule has 1 saturated heterocycles. The topological polar surface area (TPSA) is 119 Å². The summed E-state index contributed by atoms with van der Waals surface area (Å²) < 4.78 is 23.5. The van der Waals surface area contributed by atoms with E-state index in [1.807, 2.05) is 0 Å². The second-order valence-electron chi connectivity index (χ2n) is 3.23. The highest BCUT2D eigenvalue weighted by Gasteiger charge is 2.42. The minimum absolute atomic E-state index is 0.139. The Kier molecular flexibility index (Phi) is 3.28. The third kappa shape index (κ3) is 2.44. The van der Waals surface area contributed by atoms with Gasteiger partial charge in [-0.3, -0.25) is 4.79 Å². The predicted molar refractivity (Wildman–Crippen MR) is 48.2 cm³/mol. The number of sulfonamides is 1. The number of carboxylic acids is 1. The molecule has 2 atom stereocenters. The van der Waals surface area contributed by atoms with Gasteiger partial charge in [-0.05, 0) is 0 Å². The van der Waals surface area contributed by atoms with Crippen LogP contribution in [0.3, 0.4) is 0 Å². The summed E-state index contributed by atoms with van der Waals surface area (Å²) in [7, 11) is -3.91. The summed E-state index contributed by atoms with van der Waals surface area (Å²) in [5.41, 5.74) is 0. The summed E-state index contributed by atoms with van der Waals surface area (Å²) in [5, 5.41) is 26.2. The average molecular weight is 234 g/mol. The number of carbonyl (C=O) groups is 1. The molecule has 0 radical (unpaired) electrons. The smallest absolute Gasteiger partial charge is 0.322 e. The standard InChI is InChI=1S/C7H10N2O5S/c8-1-2-15(13,14)9-4-5(10)3-6(9)7(11)12/h5-6,10H,2-4H2,(H,11,12)/t5-,6-/m1/s1. The zero-order valence-corrected chi connectivity index (χ0v) is 8.51. The molecule has 0 aromatic rings. The number of hydrogen-bond acceptors (Lipinski definition) is 5. The summed E-state index contributed by atoms with van der Waals surface area (Å²) in [6.45, 7) is -0.263. The Hall–Kier alpha value is -1.17. The molecule has 0 amide bonds. The van der Waals surface area contributed by atoms with E-state index in [0.29, 0.717) is 4.31 Å². The molecule has 0 saturated carbocycles. The van der Waals surface area contributed by atoms with Gasteiger partial charge in [0.05, 0.1) is 12.2 Å². The van der Waals surface area contributed by atoms with Gasteiger partial charge in [-0.15, -0.1) is 0 Å². The third-order valence-electron chi connectivity index (χ3n) is 2.12. The molecule has 15 heavy (non-hydrogen) atoms. The number of hydrogen-bond donors (Lipinski definition) is 2. The molecule has 1 aliphatic rings. The van der Waals surface area contributed by atoms with E-state index in [2.05, 4.69) is 0 Å². The number of β-amino-alcohol motifs (C(OH)–C–C–N with tert-alkyl or cyclic N) is 1. The van der Waals surface area contributed by atoms with Crippen LogP contribution in [0.2, 0.25) is 0 Å². The normalized spacial score (nSPS) is 27.5. The third-order valence-corrected chi connectivity index (χ3v) is 3.74. The molecule has 7 nitrogen and oxygen atoms in total. The van der Waals surface area contributed by atoms with E-state index >= 15 is 0 Å². The van der Waals surface area contributed by atoms with Crippen LogP contribution in [0.15, 0.2) is 0 Å². The minimum atomic E-state index is -3.91. The minimum Gasteiger partial charge on any atom is -0.480 e. The molecule has 1 aliphatic heterocycles. The Morgan fingerprint density at radius 2 is 2.20 bits per heavy atom. The van der Waals surface area contributed by atoms with Crippen molar-refractivity contribution in [2.24, 2.45) is 0 Å². The van der Waals surface area contributed by atoms with Crippen molar-refractivity contribution < 1.29 is 23.4 Å². The molecule has 0 unspecified atom stereocenters. The van der Waals surface area contributed by atoms with Crippen molar-refractivity contribution in [1.29, 1.82) is 5.26 Å². The summed E-state index contributed by atoms with van der Waals surface area (Å²) in [6, 6.07) is 0.190. The number of aliphatic hydroxyl groups excluding tert-OH is 1. The summed E-state index contributed by atoms with van der Waals surface area (Å²) >= 11 is 0. The SMILES string of the molecule is N#CCS(=O)(=O)N1C[C@H](O)C[C@@H]1C(=O)O. The van der Waals surface area contributed by atoms with Crippen LogP contribution >= 0.6 is 0 Å². The van der Waals surface area contributed by atoms with Gasteiger partial charge in [0.15, 0.2) is 5.75 Å². The van der Waals surface area contributed by atoms with Crippen molar-refractivity contribution in [3.05, 3.63) is 0 Å². The van der Waals surface area contributed by atoms with Crippen LogP contribution in [0.25, 0.3) is 0 Å². The van der Waals surface area contributed by atoms with Crippen molar-refractivity contribution >= 4 is 16.0 Å². The molecule has 1 fully saturated rings. The van der Waals surface area contributed by atoms with Crippen LogP contribution < -0.4 is 0 Å². The lowest BCUT2D eigenvalue weighted by atomic mass is 10.2. The van der Waals surface area contributed by atoms with Gasteiger partial charge in [-0.25, -0.2) is 8.42 Å². The molecule has 84 valence electrons. The van der Waals surface area contributed by atoms with Gasteiger partial charge in [-0.1, -0.05) is 0 Å². The summed E-state index contributed by atoms with van der Waals surface area (Å²) in [6.07, 6.45) is -1.13. The quantitative estimate of drug-likeness (QED) is 0.604. The largest absolute Gasteiger partial charge is 0.480 e. The van der Waals surface area contributed by atoms with Crippen LogP contribution in [0.5, 0.6) is 0 Å². The van der Waals surface area contributed by atoms with E-state index in [9.17, 15) is 18.3 Å². The number of nitriles is 1. The zero-order chi connectivity index (χ0) is 11.6. The lowest BCUT2D eigenvalue weighted by Crippen LogP contribution is -2.41. The van der Waals surface area contributed by atoms with Crippen molar-refractivity contribution in [3.8, 4) is 6.07 Å². The number of nitrogens with zero attached hydrogens (tertiary/aromatic N) is 2. The van der Waals surface area contributed by atoms with Crippen LogP contribution in [-0.4, -0.2) is 53.3 Å². The van der Waals surface area contributed by atoms with Crippen molar-refractivity contribution in [1.82, 2.24) is 4.31 Å². The molecular weight excluding hydrogens is 224 g/mol. The van der Waals surface area contributed by atoms with Crippen molar-refractivity contribution in [3.63, 3.8) is 0 Å². The molecule has 2 N–H and O–H groups in total. The maximum atomic E-state index is 11.4. The molecule has 8 heteroatoms. The fourth-order valence-corrected chi connectivity index (χ4v) is 2.77. The second kappa shape index (κ2) is 4.14. The number of carboxylic acid groups (broad SMARTS) is 1. The molecule has 0 aliphatic carbocycles. The molecule has 1 heterocycles. The Bertz CT molecular complexity index is 398. The predicted octanol–water partition coefficient (Wildman–Crippen LogP) is -1.64. The van der Waals surface area contributed by atoms with Crippen molar-refractivity contribution in [2.45, 2.75) is 18.6 Å². The van der Waals surface area contributed by atoms with E-state index in [1.54, 1.807) is 0 Å². The second-order valence-corrected chi connectivity index (χ2v) is 5.15. The first-order chi connectivity index (χ1) is 6.88. The monoisotopic (exact) mass is 234 g/mol. The number of aliphatic hydroxyl groups is 1. The summed E-state index contributed by atoms with van der Waals surface area (Å²) in [5.74, 6) is -2.09. The average Bonchev–Trinajstić information content (AvgIpc) is 2.47. The van der Waals surface area contributed by atoms with Crippen LogP contribution in [0.1, 0.15) is 6.42 Å². The van der Waals surface area contributed by atoms with Gasteiger partial charge in [0.25, 0.3) is 0 Å². The van der Waals surface area contributed by atoms with Crippen molar-refractivity contribution in [2.75, 3.05) is 12.3 Å². The molecule has 1 rings (SSSR count). The fraction of sp³-hybridized carbons (Fsp3) is 0.714. The van der Waals surface area contributed by atoms with Gasteiger partial charge in [0.2, 0.25) is 10.0 Å². The van der Waals surface area contributed by atoms with Crippen LogP contribution in [-0.2, 0) is 14.8 Å². The van der Waals surface area contributed by atoms with E-state index < -0.39 is 33.9 Å². The lowest BCUT2D eigenvalue weighted by molar-refractivity contribution is -0.140. The Labute approximate surface area is 86.6 Å². The van der Waals surface area contributed by atoms with Crippen LogP contribution in [0.4, 0.5) is 0 Å². The molecule has 0 aromatic heterocycles. The molecular formula is C7H10N2O5S. The van der Waals surface area contributed by atoms with Gasteiger partial charge >= 0.3 is 5.97 Å².